The van der Waals surface area contributed by atoms with Gasteiger partial charge in [0.15, 0.2) is 0 Å². The lowest BCUT2D eigenvalue weighted by Crippen LogP contribution is -2.23. The van der Waals surface area contributed by atoms with Crippen molar-refractivity contribution in [1.82, 2.24) is 14.5 Å². The Hall–Kier alpha value is -1.01. The Morgan fingerprint density at radius 3 is 2.71 bits per heavy atom. The molecule has 0 aliphatic rings. The second-order valence-corrected chi connectivity index (χ2v) is 5.25. The molecular weight excluding hydrogens is 350 g/mol. The third-order valence-corrected chi connectivity index (χ3v) is 3.66. The van der Waals surface area contributed by atoms with Crippen LogP contribution >= 0.6 is 31.9 Å². The molecule has 0 bridgehead atoms. The molecule has 0 aromatic carbocycles. The predicted molar refractivity (Wildman–Crippen MR) is 72.0 cm³/mol. The zero-order valence-electron chi connectivity index (χ0n) is 9.02. The number of rotatable bonds is 2. The maximum absolute atomic E-state index is 11.9. The molecule has 0 atom stereocenters. The van der Waals surface area contributed by atoms with Crippen LogP contribution in [0.15, 0.2) is 38.4 Å². The van der Waals surface area contributed by atoms with Crippen LogP contribution in [-0.4, -0.2) is 14.5 Å². The third-order valence-electron chi connectivity index (χ3n) is 2.28. The van der Waals surface area contributed by atoms with E-state index in [4.69, 9.17) is 0 Å². The van der Waals surface area contributed by atoms with Crippen LogP contribution < -0.4 is 5.56 Å². The Kier molecular flexibility index (Phi) is 3.73. The molecule has 6 heteroatoms. The van der Waals surface area contributed by atoms with E-state index in [0.29, 0.717) is 16.7 Å². The smallest absolute Gasteiger partial charge is 0.268 e. The Morgan fingerprint density at radius 2 is 2.06 bits per heavy atom. The van der Waals surface area contributed by atoms with Gasteiger partial charge in [0.2, 0.25) is 0 Å². The topological polar surface area (TPSA) is 47.8 Å². The summed E-state index contributed by atoms with van der Waals surface area (Å²) in [6, 6.07) is 3.76. The standard InChI is InChI=1S/C11H9Br2N3O/c1-7-10(13)11(17)16(6-15-7)5-9-3-2-8(12)4-14-9/h2-4,6H,5H2,1H3. The lowest BCUT2D eigenvalue weighted by molar-refractivity contribution is 0.708. The molecule has 0 radical (unpaired) electrons. The molecule has 2 rings (SSSR count). The predicted octanol–water partition coefficient (Wildman–Crippen LogP) is 2.52. The first kappa shape index (κ1) is 12.4. The van der Waals surface area contributed by atoms with Gasteiger partial charge in [-0.05, 0) is 50.9 Å². The molecule has 4 nitrogen and oxygen atoms in total. The summed E-state index contributed by atoms with van der Waals surface area (Å²) in [6.07, 6.45) is 3.24. The summed E-state index contributed by atoms with van der Waals surface area (Å²) >= 11 is 6.55. The van der Waals surface area contributed by atoms with Crippen molar-refractivity contribution in [2.75, 3.05) is 0 Å². The lowest BCUT2D eigenvalue weighted by Gasteiger charge is -2.06. The highest BCUT2D eigenvalue weighted by Gasteiger charge is 2.06. The van der Waals surface area contributed by atoms with Crippen LogP contribution in [0.2, 0.25) is 0 Å². The number of aryl methyl sites for hydroxylation is 1. The minimum atomic E-state index is -0.0952. The van der Waals surface area contributed by atoms with Gasteiger partial charge in [-0.3, -0.25) is 14.3 Å². The molecule has 88 valence electrons. The van der Waals surface area contributed by atoms with E-state index in [2.05, 4.69) is 41.8 Å². The van der Waals surface area contributed by atoms with E-state index in [0.717, 1.165) is 10.2 Å². The summed E-state index contributed by atoms with van der Waals surface area (Å²) in [5, 5.41) is 0. The van der Waals surface area contributed by atoms with E-state index in [1.807, 2.05) is 12.1 Å². The van der Waals surface area contributed by atoms with Gasteiger partial charge in [-0.1, -0.05) is 0 Å². The van der Waals surface area contributed by atoms with Crippen molar-refractivity contribution in [3.63, 3.8) is 0 Å². The zero-order valence-corrected chi connectivity index (χ0v) is 12.2. The quantitative estimate of drug-likeness (QED) is 0.828. The summed E-state index contributed by atoms with van der Waals surface area (Å²) < 4.78 is 2.93. The van der Waals surface area contributed by atoms with Crippen LogP contribution in [0.25, 0.3) is 0 Å². The second-order valence-electron chi connectivity index (χ2n) is 3.54. The Labute approximate surface area is 115 Å². The maximum atomic E-state index is 11.9. The minimum absolute atomic E-state index is 0.0952. The van der Waals surface area contributed by atoms with E-state index >= 15 is 0 Å². The van der Waals surface area contributed by atoms with Gasteiger partial charge in [0.25, 0.3) is 5.56 Å². The fourth-order valence-corrected chi connectivity index (χ4v) is 1.90. The van der Waals surface area contributed by atoms with Crippen molar-refractivity contribution in [1.29, 1.82) is 0 Å². The van der Waals surface area contributed by atoms with Crippen LogP contribution in [0.4, 0.5) is 0 Å². The number of halogens is 2. The first-order valence-corrected chi connectivity index (χ1v) is 6.48. The molecule has 2 aromatic rings. The fraction of sp³-hybridized carbons (Fsp3) is 0.182. The monoisotopic (exact) mass is 357 g/mol. The first-order chi connectivity index (χ1) is 8.08. The second kappa shape index (κ2) is 5.10. The van der Waals surface area contributed by atoms with Crippen LogP contribution in [-0.2, 0) is 6.54 Å². The van der Waals surface area contributed by atoms with Crippen molar-refractivity contribution in [3.8, 4) is 0 Å². The molecular formula is C11H9Br2N3O. The number of pyridine rings is 1. The number of hydrogen-bond acceptors (Lipinski definition) is 3. The summed E-state index contributed by atoms with van der Waals surface area (Å²) in [4.78, 5) is 20.2. The summed E-state index contributed by atoms with van der Waals surface area (Å²) in [5.74, 6) is 0. The minimum Gasteiger partial charge on any atom is -0.292 e. The number of nitrogens with zero attached hydrogens (tertiary/aromatic N) is 3. The Bertz CT molecular complexity index is 593. The van der Waals surface area contributed by atoms with Gasteiger partial charge < -0.3 is 0 Å². The Balaban J connectivity index is 2.34. The van der Waals surface area contributed by atoms with Crippen molar-refractivity contribution in [2.45, 2.75) is 13.5 Å². The normalized spacial score (nSPS) is 10.5. The van der Waals surface area contributed by atoms with Crippen LogP contribution in [0.1, 0.15) is 11.4 Å². The molecule has 2 aromatic heterocycles. The molecule has 0 aliphatic heterocycles. The number of hydrogen-bond donors (Lipinski definition) is 0. The molecule has 0 aliphatic carbocycles. The molecule has 0 N–H and O–H groups in total. The summed E-state index contributed by atoms with van der Waals surface area (Å²) in [7, 11) is 0. The van der Waals surface area contributed by atoms with Crippen LogP contribution in [0, 0.1) is 6.92 Å². The van der Waals surface area contributed by atoms with Gasteiger partial charge in [0, 0.05) is 10.7 Å². The average Bonchev–Trinajstić information content (AvgIpc) is 2.33. The van der Waals surface area contributed by atoms with Gasteiger partial charge in [0.1, 0.15) is 4.47 Å². The van der Waals surface area contributed by atoms with Gasteiger partial charge in [-0.2, -0.15) is 0 Å². The highest BCUT2D eigenvalue weighted by Crippen LogP contribution is 2.09. The lowest BCUT2D eigenvalue weighted by atomic mass is 10.3. The van der Waals surface area contributed by atoms with E-state index in [1.54, 1.807) is 13.1 Å². The Morgan fingerprint density at radius 1 is 1.29 bits per heavy atom. The van der Waals surface area contributed by atoms with Crippen molar-refractivity contribution >= 4 is 31.9 Å². The van der Waals surface area contributed by atoms with Gasteiger partial charge in [-0.15, -0.1) is 0 Å². The molecule has 0 unspecified atom stereocenters. The SMILES string of the molecule is Cc1ncn(Cc2ccc(Br)cn2)c(=O)c1Br. The van der Waals surface area contributed by atoms with E-state index in [9.17, 15) is 4.79 Å². The van der Waals surface area contributed by atoms with Gasteiger partial charge >= 0.3 is 0 Å². The highest BCUT2D eigenvalue weighted by atomic mass is 79.9. The van der Waals surface area contributed by atoms with Gasteiger partial charge in [-0.25, -0.2) is 4.98 Å². The molecule has 0 spiro atoms. The molecule has 0 saturated carbocycles. The van der Waals surface area contributed by atoms with Gasteiger partial charge in [0.05, 0.1) is 24.3 Å². The molecule has 2 heterocycles. The van der Waals surface area contributed by atoms with Crippen molar-refractivity contribution in [3.05, 3.63) is 55.3 Å². The molecule has 17 heavy (non-hydrogen) atoms. The third kappa shape index (κ3) is 2.81. The fourth-order valence-electron chi connectivity index (χ4n) is 1.33. The zero-order chi connectivity index (χ0) is 12.4. The van der Waals surface area contributed by atoms with Crippen LogP contribution in [0.5, 0.6) is 0 Å². The van der Waals surface area contributed by atoms with E-state index in [-0.39, 0.29) is 5.56 Å². The summed E-state index contributed by atoms with van der Waals surface area (Å²) in [5.41, 5.74) is 1.41. The highest BCUT2D eigenvalue weighted by molar-refractivity contribution is 9.10. The molecule has 0 amide bonds. The largest absolute Gasteiger partial charge is 0.292 e. The first-order valence-electron chi connectivity index (χ1n) is 4.90. The maximum Gasteiger partial charge on any atom is 0.268 e. The van der Waals surface area contributed by atoms with Crippen molar-refractivity contribution < 1.29 is 0 Å². The number of aromatic nitrogens is 3. The molecule has 0 fully saturated rings. The molecule has 0 saturated heterocycles. The van der Waals surface area contributed by atoms with E-state index < -0.39 is 0 Å². The summed E-state index contributed by atoms with van der Waals surface area (Å²) in [6.45, 7) is 2.20. The van der Waals surface area contributed by atoms with Crippen molar-refractivity contribution in [2.24, 2.45) is 0 Å². The average molecular weight is 359 g/mol. The van der Waals surface area contributed by atoms with E-state index in [1.165, 1.54) is 10.9 Å². The van der Waals surface area contributed by atoms with Crippen LogP contribution in [0.3, 0.4) is 0 Å².